The Balaban J connectivity index is 1.90. The highest BCUT2D eigenvalue weighted by Gasteiger charge is 2.20. The van der Waals surface area contributed by atoms with Gasteiger partial charge in [0.25, 0.3) is 0 Å². The molecule has 1 aromatic carbocycles. The van der Waals surface area contributed by atoms with E-state index in [0.717, 1.165) is 49.5 Å². The summed E-state index contributed by atoms with van der Waals surface area (Å²) in [6.07, 6.45) is 1.98. The predicted octanol–water partition coefficient (Wildman–Crippen LogP) is 1.80. The topological polar surface area (TPSA) is 50.8 Å². The van der Waals surface area contributed by atoms with Gasteiger partial charge in [0, 0.05) is 38.2 Å². The fourth-order valence-corrected chi connectivity index (χ4v) is 2.67. The summed E-state index contributed by atoms with van der Waals surface area (Å²) in [5, 5.41) is 3.55. The zero-order valence-electron chi connectivity index (χ0n) is 13.0. The van der Waals surface area contributed by atoms with Crippen molar-refractivity contribution >= 4 is 5.91 Å². The summed E-state index contributed by atoms with van der Waals surface area (Å²) >= 11 is 0. The van der Waals surface area contributed by atoms with E-state index in [-0.39, 0.29) is 5.91 Å². The molecule has 1 aliphatic rings. The van der Waals surface area contributed by atoms with Gasteiger partial charge in [-0.05, 0) is 31.0 Å². The van der Waals surface area contributed by atoms with Crippen LogP contribution >= 0.6 is 0 Å². The van der Waals surface area contributed by atoms with Crippen LogP contribution in [-0.2, 0) is 11.3 Å². The molecular formula is C16H24N2O3. The van der Waals surface area contributed by atoms with Crippen molar-refractivity contribution in [2.75, 3.05) is 27.3 Å². The molecule has 1 N–H and O–H groups in total. The minimum Gasteiger partial charge on any atom is -0.497 e. The van der Waals surface area contributed by atoms with Gasteiger partial charge in [-0.25, -0.2) is 0 Å². The molecular weight excluding hydrogens is 268 g/mol. The predicted molar refractivity (Wildman–Crippen MR) is 81.7 cm³/mol. The van der Waals surface area contributed by atoms with Gasteiger partial charge in [0.05, 0.1) is 14.2 Å². The molecule has 5 heteroatoms. The average Bonchev–Trinajstić information content (AvgIpc) is 2.52. The molecule has 0 aromatic heterocycles. The molecule has 5 nitrogen and oxygen atoms in total. The van der Waals surface area contributed by atoms with Crippen LogP contribution in [0.1, 0.15) is 25.3 Å². The molecule has 0 radical (unpaired) electrons. The van der Waals surface area contributed by atoms with Crippen LogP contribution in [0.5, 0.6) is 11.5 Å². The van der Waals surface area contributed by atoms with Gasteiger partial charge in [-0.1, -0.05) is 0 Å². The molecule has 0 atom stereocenters. The maximum Gasteiger partial charge on any atom is 0.219 e. The molecule has 1 heterocycles. The van der Waals surface area contributed by atoms with Crippen molar-refractivity contribution in [2.24, 2.45) is 0 Å². The Kier molecular flexibility index (Phi) is 5.44. The molecule has 1 aliphatic heterocycles. The second-order valence-corrected chi connectivity index (χ2v) is 5.34. The number of methoxy groups -OCH3 is 2. The monoisotopic (exact) mass is 292 g/mol. The van der Waals surface area contributed by atoms with Crippen molar-refractivity contribution in [1.29, 1.82) is 0 Å². The van der Waals surface area contributed by atoms with E-state index >= 15 is 0 Å². The van der Waals surface area contributed by atoms with E-state index in [2.05, 4.69) is 5.32 Å². The van der Waals surface area contributed by atoms with Gasteiger partial charge < -0.3 is 19.7 Å². The quantitative estimate of drug-likeness (QED) is 0.899. The van der Waals surface area contributed by atoms with Gasteiger partial charge in [-0.15, -0.1) is 0 Å². The number of nitrogens with one attached hydrogen (secondary N) is 1. The molecule has 1 saturated heterocycles. The van der Waals surface area contributed by atoms with Crippen LogP contribution < -0.4 is 14.8 Å². The summed E-state index contributed by atoms with van der Waals surface area (Å²) in [6.45, 7) is 4.05. The van der Waals surface area contributed by atoms with Crippen LogP contribution in [0.4, 0.5) is 0 Å². The standard InChI is InChI=1S/C16H24N2O3/c1-12(19)18-8-6-14(7-9-18)17-11-13-10-15(20-2)4-5-16(13)21-3/h4-5,10,14,17H,6-9,11H2,1-3H3. The first-order valence-corrected chi connectivity index (χ1v) is 7.34. The Morgan fingerprint density at radius 2 is 2.00 bits per heavy atom. The van der Waals surface area contributed by atoms with Crippen molar-refractivity contribution in [3.63, 3.8) is 0 Å². The summed E-state index contributed by atoms with van der Waals surface area (Å²) in [4.78, 5) is 13.2. The minimum atomic E-state index is 0.169. The van der Waals surface area contributed by atoms with Gasteiger partial charge in [0.15, 0.2) is 0 Å². The molecule has 1 amide bonds. The van der Waals surface area contributed by atoms with E-state index in [1.165, 1.54) is 0 Å². The first-order chi connectivity index (χ1) is 10.1. The molecule has 2 rings (SSSR count). The third-order valence-corrected chi connectivity index (χ3v) is 4.01. The lowest BCUT2D eigenvalue weighted by Gasteiger charge is -2.32. The molecule has 0 unspecified atom stereocenters. The number of benzene rings is 1. The van der Waals surface area contributed by atoms with Gasteiger partial charge in [-0.2, -0.15) is 0 Å². The van der Waals surface area contributed by atoms with Crippen LogP contribution in [0.25, 0.3) is 0 Å². The highest BCUT2D eigenvalue weighted by Crippen LogP contribution is 2.24. The Bertz CT molecular complexity index is 482. The minimum absolute atomic E-state index is 0.169. The number of nitrogens with zero attached hydrogens (tertiary/aromatic N) is 1. The van der Waals surface area contributed by atoms with E-state index in [0.29, 0.717) is 6.04 Å². The molecule has 1 aromatic rings. The van der Waals surface area contributed by atoms with Crippen molar-refractivity contribution in [3.05, 3.63) is 23.8 Å². The normalized spacial score (nSPS) is 15.9. The summed E-state index contributed by atoms with van der Waals surface area (Å²) in [7, 11) is 3.34. The molecule has 21 heavy (non-hydrogen) atoms. The van der Waals surface area contributed by atoms with Gasteiger partial charge >= 0.3 is 0 Å². The summed E-state index contributed by atoms with van der Waals surface area (Å²) in [6, 6.07) is 6.26. The lowest BCUT2D eigenvalue weighted by atomic mass is 10.0. The van der Waals surface area contributed by atoms with Crippen LogP contribution in [0.2, 0.25) is 0 Å². The second kappa shape index (κ2) is 7.31. The van der Waals surface area contributed by atoms with Crippen molar-refractivity contribution in [2.45, 2.75) is 32.4 Å². The van der Waals surface area contributed by atoms with E-state index < -0.39 is 0 Å². The molecule has 1 fully saturated rings. The van der Waals surface area contributed by atoms with Crippen molar-refractivity contribution in [3.8, 4) is 11.5 Å². The lowest BCUT2D eigenvalue weighted by Crippen LogP contribution is -2.43. The van der Waals surface area contributed by atoms with Crippen molar-refractivity contribution < 1.29 is 14.3 Å². The summed E-state index contributed by atoms with van der Waals surface area (Å²) in [5.41, 5.74) is 1.09. The van der Waals surface area contributed by atoms with E-state index in [1.54, 1.807) is 21.1 Å². The molecule has 0 saturated carbocycles. The smallest absolute Gasteiger partial charge is 0.219 e. The Hall–Kier alpha value is -1.75. The second-order valence-electron chi connectivity index (χ2n) is 5.34. The fraction of sp³-hybridized carbons (Fsp3) is 0.562. The summed E-state index contributed by atoms with van der Waals surface area (Å²) in [5.74, 6) is 1.87. The number of piperidine rings is 1. The number of carbonyl (C=O) groups is 1. The largest absolute Gasteiger partial charge is 0.497 e. The highest BCUT2D eigenvalue weighted by atomic mass is 16.5. The highest BCUT2D eigenvalue weighted by molar-refractivity contribution is 5.73. The third-order valence-electron chi connectivity index (χ3n) is 4.01. The number of hydrogen-bond donors (Lipinski definition) is 1. The van der Waals surface area contributed by atoms with E-state index in [4.69, 9.17) is 9.47 Å². The SMILES string of the molecule is COc1ccc(OC)c(CNC2CCN(C(C)=O)CC2)c1. The van der Waals surface area contributed by atoms with E-state index in [9.17, 15) is 4.79 Å². The zero-order valence-corrected chi connectivity index (χ0v) is 13.0. The Labute approximate surface area is 126 Å². The number of carbonyl (C=O) groups excluding carboxylic acids is 1. The third kappa shape index (κ3) is 4.11. The zero-order chi connectivity index (χ0) is 15.2. The maximum atomic E-state index is 11.3. The van der Waals surface area contributed by atoms with Crippen molar-refractivity contribution in [1.82, 2.24) is 10.2 Å². The number of rotatable bonds is 5. The number of ether oxygens (including phenoxy) is 2. The van der Waals surface area contributed by atoms with Crippen LogP contribution in [0.3, 0.4) is 0 Å². The molecule has 0 spiro atoms. The average molecular weight is 292 g/mol. The molecule has 0 bridgehead atoms. The first-order valence-electron chi connectivity index (χ1n) is 7.34. The van der Waals surface area contributed by atoms with Gasteiger partial charge in [0.1, 0.15) is 11.5 Å². The van der Waals surface area contributed by atoms with Gasteiger partial charge in [-0.3, -0.25) is 4.79 Å². The van der Waals surface area contributed by atoms with Crippen LogP contribution in [-0.4, -0.2) is 44.2 Å². The Morgan fingerprint density at radius 1 is 1.29 bits per heavy atom. The lowest BCUT2D eigenvalue weighted by molar-refractivity contribution is -0.129. The molecule has 116 valence electrons. The van der Waals surface area contributed by atoms with Gasteiger partial charge in [0.2, 0.25) is 5.91 Å². The first kappa shape index (κ1) is 15.6. The number of amides is 1. The number of likely N-dealkylation sites (tertiary alicyclic amines) is 1. The fourth-order valence-electron chi connectivity index (χ4n) is 2.67. The maximum absolute atomic E-state index is 11.3. The van der Waals surface area contributed by atoms with E-state index in [1.807, 2.05) is 23.1 Å². The summed E-state index contributed by atoms with van der Waals surface area (Å²) < 4.78 is 10.6. The Morgan fingerprint density at radius 3 is 2.57 bits per heavy atom. The van der Waals surface area contributed by atoms with Crippen LogP contribution in [0.15, 0.2) is 18.2 Å². The number of hydrogen-bond acceptors (Lipinski definition) is 4. The van der Waals surface area contributed by atoms with Crippen LogP contribution in [0, 0.1) is 0 Å². The molecule has 0 aliphatic carbocycles.